The van der Waals surface area contributed by atoms with Crippen LogP contribution in [0.4, 0.5) is 5.95 Å². The van der Waals surface area contributed by atoms with Crippen LogP contribution in [-0.4, -0.2) is 39.8 Å². The molecule has 0 spiro atoms. The predicted molar refractivity (Wildman–Crippen MR) is 124 cm³/mol. The smallest absolute Gasteiger partial charge is 0.248 e. The molecular formula is C25H27N5O2. The van der Waals surface area contributed by atoms with E-state index in [-0.39, 0.29) is 17.8 Å². The molecule has 0 aliphatic carbocycles. The molecule has 1 fully saturated rings. The summed E-state index contributed by atoms with van der Waals surface area (Å²) in [6.07, 6.45) is 4.70. The summed E-state index contributed by atoms with van der Waals surface area (Å²) in [4.78, 5) is 35.2. The highest BCUT2D eigenvalue weighted by molar-refractivity contribution is 5.94. The van der Waals surface area contributed by atoms with Crippen molar-refractivity contribution < 1.29 is 9.59 Å². The minimum Gasteiger partial charge on any atom is -0.368 e. The fourth-order valence-electron chi connectivity index (χ4n) is 4.26. The molecule has 0 unspecified atom stereocenters. The van der Waals surface area contributed by atoms with Gasteiger partial charge in [-0.1, -0.05) is 42.5 Å². The van der Waals surface area contributed by atoms with Gasteiger partial charge in [0.15, 0.2) is 0 Å². The van der Waals surface area contributed by atoms with Crippen molar-refractivity contribution in [1.82, 2.24) is 14.9 Å². The van der Waals surface area contributed by atoms with Gasteiger partial charge >= 0.3 is 0 Å². The molecule has 7 heteroatoms. The van der Waals surface area contributed by atoms with Crippen LogP contribution in [0.1, 0.15) is 46.8 Å². The first-order valence-corrected chi connectivity index (χ1v) is 10.9. The van der Waals surface area contributed by atoms with Crippen LogP contribution in [0, 0.1) is 0 Å². The van der Waals surface area contributed by atoms with E-state index in [9.17, 15) is 9.59 Å². The first-order valence-electron chi connectivity index (χ1n) is 10.9. The van der Waals surface area contributed by atoms with Crippen molar-refractivity contribution in [2.24, 2.45) is 5.73 Å². The second kappa shape index (κ2) is 9.60. The molecule has 0 radical (unpaired) electrons. The number of primary amides is 1. The number of carbonyl (C=O) groups is 2. The highest BCUT2D eigenvalue weighted by Gasteiger charge is 2.28. The van der Waals surface area contributed by atoms with Crippen molar-refractivity contribution in [3.05, 3.63) is 77.6 Å². The third kappa shape index (κ3) is 4.94. The lowest BCUT2D eigenvalue weighted by Gasteiger charge is -2.33. The quantitative estimate of drug-likeness (QED) is 0.624. The minimum absolute atomic E-state index is 0.0435. The number of anilines is 1. The largest absolute Gasteiger partial charge is 0.368 e. The maximum atomic E-state index is 12.9. The number of likely N-dealkylation sites (tertiary alicyclic amines) is 1. The van der Waals surface area contributed by atoms with Gasteiger partial charge in [0.2, 0.25) is 17.8 Å². The molecule has 4 rings (SSSR count). The van der Waals surface area contributed by atoms with Crippen LogP contribution in [0.15, 0.2) is 60.8 Å². The van der Waals surface area contributed by atoms with Crippen LogP contribution in [0.3, 0.4) is 0 Å². The van der Waals surface area contributed by atoms with Crippen LogP contribution in [0.5, 0.6) is 0 Å². The molecule has 1 aliphatic heterocycles. The fourth-order valence-corrected chi connectivity index (χ4v) is 4.26. The molecule has 1 aliphatic rings. The summed E-state index contributed by atoms with van der Waals surface area (Å²) in [6.45, 7) is 1.34. The number of rotatable bonds is 6. The Balaban J connectivity index is 1.54. The Labute approximate surface area is 187 Å². The van der Waals surface area contributed by atoms with Crippen molar-refractivity contribution in [3.63, 3.8) is 0 Å². The third-order valence-electron chi connectivity index (χ3n) is 5.93. The molecule has 32 heavy (non-hydrogen) atoms. The lowest BCUT2D eigenvalue weighted by Crippen LogP contribution is -2.39. The molecule has 4 N–H and O–H groups in total. The average molecular weight is 430 g/mol. The molecule has 0 bridgehead atoms. The van der Waals surface area contributed by atoms with E-state index < -0.39 is 5.91 Å². The Morgan fingerprint density at radius 2 is 1.91 bits per heavy atom. The number of hydrogen-bond donors (Lipinski definition) is 2. The number of piperidine rings is 1. The van der Waals surface area contributed by atoms with E-state index >= 15 is 0 Å². The second-order valence-corrected chi connectivity index (χ2v) is 8.14. The van der Waals surface area contributed by atoms with Crippen molar-refractivity contribution in [2.75, 3.05) is 18.8 Å². The van der Waals surface area contributed by atoms with E-state index in [2.05, 4.69) is 9.97 Å². The Bertz CT molecular complexity index is 1120. The van der Waals surface area contributed by atoms with Crippen molar-refractivity contribution >= 4 is 17.8 Å². The zero-order valence-corrected chi connectivity index (χ0v) is 17.9. The van der Waals surface area contributed by atoms with Crippen LogP contribution in [-0.2, 0) is 11.2 Å². The summed E-state index contributed by atoms with van der Waals surface area (Å²) in [5.41, 5.74) is 15.4. The normalized spacial score (nSPS) is 16.0. The van der Waals surface area contributed by atoms with Gasteiger partial charge in [0.05, 0.1) is 5.69 Å². The number of amides is 2. The molecule has 2 amide bonds. The highest BCUT2D eigenvalue weighted by atomic mass is 16.2. The summed E-state index contributed by atoms with van der Waals surface area (Å²) in [7, 11) is 0. The highest BCUT2D eigenvalue weighted by Crippen LogP contribution is 2.34. The zero-order chi connectivity index (χ0) is 22.5. The standard InChI is InChI=1S/C25H27N5O2/c26-24(32)19-9-4-8-18(14-19)21-15-28-25(27)29-23(21)20-10-5-13-30(16-20)22(31)12-11-17-6-2-1-3-7-17/h1-4,6-9,14-15,20H,5,10-13,16H2,(H2,26,32)(H2,27,28,29)/t20-/m1/s1. The number of nitrogens with two attached hydrogens (primary N) is 2. The lowest BCUT2D eigenvalue weighted by molar-refractivity contribution is -0.132. The van der Waals surface area contributed by atoms with Gasteiger partial charge in [-0.3, -0.25) is 9.59 Å². The van der Waals surface area contributed by atoms with Gasteiger partial charge < -0.3 is 16.4 Å². The summed E-state index contributed by atoms with van der Waals surface area (Å²) in [5, 5.41) is 0. The summed E-state index contributed by atoms with van der Waals surface area (Å²) >= 11 is 0. The Kier molecular flexibility index (Phi) is 6.44. The predicted octanol–water partition coefficient (Wildman–Crippen LogP) is 3.16. The Morgan fingerprint density at radius 1 is 1.09 bits per heavy atom. The van der Waals surface area contributed by atoms with Crippen molar-refractivity contribution in [1.29, 1.82) is 0 Å². The fraction of sp³-hybridized carbons (Fsp3) is 0.280. The zero-order valence-electron chi connectivity index (χ0n) is 17.9. The molecule has 3 aromatic rings. The van der Waals surface area contributed by atoms with E-state index in [1.165, 1.54) is 0 Å². The summed E-state index contributed by atoms with van der Waals surface area (Å²) in [5.74, 6) is -0.0974. The first kappa shape index (κ1) is 21.5. The minimum atomic E-state index is -0.488. The molecule has 1 atom stereocenters. The molecule has 2 aromatic carbocycles. The molecule has 2 heterocycles. The summed E-state index contributed by atoms with van der Waals surface area (Å²) < 4.78 is 0. The Morgan fingerprint density at radius 3 is 2.69 bits per heavy atom. The van der Waals surface area contributed by atoms with Gasteiger partial charge in [-0.25, -0.2) is 9.97 Å². The first-order chi connectivity index (χ1) is 15.5. The van der Waals surface area contributed by atoms with Crippen LogP contribution >= 0.6 is 0 Å². The number of aromatic nitrogens is 2. The molecule has 0 saturated carbocycles. The molecule has 164 valence electrons. The number of carbonyl (C=O) groups excluding carboxylic acids is 2. The molecule has 7 nitrogen and oxygen atoms in total. The lowest BCUT2D eigenvalue weighted by atomic mass is 9.89. The SMILES string of the molecule is NC(=O)c1cccc(-c2cnc(N)nc2[C@@H]2CCCN(C(=O)CCc3ccccc3)C2)c1. The second-order valence-electron chi connectivity index (χ2n) is 8.14. The molecule has 1 aromatic heterocycles. The number of benzene rings is 2. The van der Waals surface area contributed by atoms with E-state index in [1.807, 2.05) is 41.3 Å². The van der Waals surface area contributed by atoms with Gasteiger partial charge in [-0.15, -0.1) is 0 Å². The van der Waals surface area contributed by atoms with Crippen LogP contribution in [0.2, 0.25) is 0 Å². The van der Waals surface area contributed by atoms with Gasteiger partial charge in [-0.05, 0) is 42.5 Å². The van der Waals surface area contributed by atoms with E-state index in [1.54, 1.807) is 24.4 Å². The topological polar surface area (TPSA) is 115 Å². The number of aryl methyl sites for hydroxylation is 1. The molecule has 1 saturated heterocycles. The van der Waals surface area contributed by atoms with E-state index in [0.29, 0.717) is 18.5 Å². The third-order valence-corrected chi connectivity index (χ3v) is 5.93. The maximum absolute atomic E-state index is 12.9. The number of nitrogens with zero attached hydrogens (tertiary/aromatic N) is 3. The van der Waals surface area contributed by atoms with Crippen molar-refractivity contribution in [3.8, 4) is 11.1 Å². The van der Waals surface area contributed by atoms with Gasteiger partial charge in [0.25, 0.3) is 0 Å². The van der Waals surface area contributed by atoms with Gasteiger partial charge in [0.1, 0.15) is 0 Å². The van der Waals surface area contributed by atoms with E-state index in [0.717, 1.165) is 48.2 Å². The van der Waals surface area contributed by atoms with Crippen LogP contribution in [0.25, 0.3) is 11.1 Å². The number of nitrogen functional groups attached to an aromatic ring is 1. The van der Waals surface area contributed by atoms with Crippen molar-refractivity contribution in [2.45, 2.75) is 31.6 Å². The average Bonchev–Trinajstić information content (AvgIpc) is 2.83. The summed E-state index contributed by atoms with van der Waals surface area (Å²) in [6, 6.07) is 17.2. The van der Waals surface area contributed by atoms with Gasteiger partial charge in [0, 0.05) is 42.8 Å². The van der Waals surface area contributed by atoms with Crippen LogP contribution < -0.4 is 11.5 Å². The monoisotopic (exact) mass is 429 g/mol. The van der Waals surface area contributed by atoms with E-state index in [4.69, 9.17) is 11.5 Å². The maximum Gasteiger partial charge on any atom is 0.248 e. The Hall–Kier alpha value is -3.74. The van der Waals surface area contributed by atoms with Gasteiger partial charge in [-0.2, -0.15) is 0 Å². The molecular weight excluding hydrogens is 402 g/mol. The number of hydrogen-bond acceptors (Lipinski definition) is 5.